The Balaban J connectivity index is 1.99. The summed E-state index contributed by atoms with van der Waals surface area (Å²) < 4.78 is 13.6. The number of benzene rings is 1. The normalized spacial score (nSPS) is 19.5. The minimum Gasteiger partial charge on any atom is -0.309 e. The number of rotatable bonds is 2. The van der Waals surface area contributed by atoms with Gasteiger partial charge in [-0.05, 0) is 30.4 Å². The lowest BCUT2D eigenvalue weighted by Gasteiger charge is -2.17. The third-order valence-corrected chi connectivity index (χ3v) is 3.12. The van der Waals surface area contributed by atoms with E-state index in [9.17, 15) is 9.18 Å². The van der Waals surface area contributed by atoms with E-state index in [-0.39, 0.29) is 11.7 Å². The second-order valence-electron chi connectivity index (χ2n) is 4.37. The van der Waals surface area contributed by atoms with E-state index >= 15 is 0 Å². The summed E-state index contributed by atoms with van der Waals surface area (Å²) in [7, 11) is 0. The number of fused-ring (bicyclic) bond motifs is 1. The molecular formula is C12H12FNO. The molecule has 0 radical (unpaired) electrons. The molecule has 2 aliphatic rings. The van der Waals surface area contributed by atoms with E-state index in [4.69, 9.17) is 0 Å². The quantitative estimate of drug-likeness (QED) is 0.724. The summed E-state index contributed by atoms with van der Waals surface area (Å²) in [5.74, 6) is 0.375. The molecule has 0 unspecified atom stereocenters. The number of nitrogens with zero attached hydrogens (tertiary/aromatic N) is 1. The van der Waals surface area contributed by atoms with Crippen LogP contribution in [-0.4, -0.2) is 12.5 Å². The Kier molecular flexibility index (Phi) is 1.81. The summed E-state index contributed by atoms with van der Waals surface area (Å²) in [6, 6.07) is 4.93. The van der Waals surface area contributed by atoms with Crippen molar-refractivity contribution in [3.8, 4) is 0 Å². The van der Waals surface area contributed by atoms with Crippen molar-refractivity contribution in [3.05, 3.63) is 29.6 Å². The molecule has 3 rings (SSSR count). The molecule has 78 valence electrons. The molecular weight excluding hydrogens is 193 g/mol. The molecule has 0 N–H and O–H groups in total. The van der Waals surface area contributed by atoms with Gasteiger partial charge in [0.1, 0.15) is 5.82 Å². The SMILES string of the molecule is O=C1Cc2cccc(F)c2N1CC1CC1. The Morgan fingerprint density at radius 3 is 2.93 bits per heavy atom. The fourth-order valence-electron chi connectivity index (χ4n) is 2.14. The van der Waals surface area contributed by atoms with Crippen LogP contribution in [0.3, 0.4) is 0 Å². The van der Waals surface area contributed by atoms with Crippen molar-refractivity contribution in [2.24, 2.45) is 5.92 Å². The zero-order valence-electron chi connectivity index (χ0n) is 8.37. The topological polar surface area (TPSA) is 20.3 Å². The molecule has 3 heteroatoms. The van der Waals surface area contributed by atoms with Gasteiger partial charge >= 0.3 is 0 Å². The highest BCUT2D eigenvalue weighted by atomic mass is 19.1. The average molecular weight is 205 g/mol. The summed E-state index contributed by atoms with van der Waals surface area (Å²) in [6.45, 7) is 0.701. The fraction of sp³-hybridized carbons (Fsp3) is 0.417. The van der Waals surface area contributed by atoms with Crippen LogP contribution in [0.1, 0.15) is 18.4 Å². The maximum atomic E-state index is 13.6. The van der Waals surface area contributed by atoms with Crippen molar-refractivity contribution in [3.63, 3.8) is 0 Å². The summed E-state index contributed by atoms with van der Waals surface area (Å²) in [5, 5.41) is 0. The smallest absolute Gasteiger partial charge is 0.231 e. The number of anilines is 1. The number of hydrogen-bond acceptors (Lipinski definition) is 1. The first-order valence-corrected chi connectivity index (χ1v) is 5.33. The lowest BCUT2D eigenvalue weighted by molar-refractivity contribution is -0.117. The van der Waals surface area contributed by atoms with Gasteiger partial charge in [0.25, 0.3) is 0 Å². The van der Waals surface area contributed by atoms with Gasteiger partial charge in [-0.3, -0.25) is 4.79 Å². The van der Waals surface area contributed by atoms with Crippen LogP contribution >= 0.6 is 0 Å². The Morgan fingerprint density at radius 2 is 2.20 bits per heavy atom. The second-order valence-corrected chi connectivity index (χ2v) is 4.37. The molecule has 15 heavy (non-hydrogen) atoms. The molecule has 1 heterocycles. The van der Waals surface area contributed by atoms with Gasteiger partial charge in [-0.25, -0.2) is 4.39 Å². The molecule has 1 saturated carbocycles. The van der Waals surface area contributed by atoms with Crippen molar-refractivity contribution < 1.29 is 9.18 Å². The molecule has 1 amide bonds. The van der Waals surface area contributed by atoms with Crippen molar-refractivity contribution in [2.75, 3.05) is 11.4 Å². The van der Waals surface area contributed by atoms with Gasteiger partial charge in [-0.1, -0.05) is 12.1 Å². The van der Waals surface area contributed by atoms with E-state index < -0.39 is 0 Å². The lowest BCUT2D eigenvalue weighted by Crippen LogP contribution is -2.29. The zero-order chi connectivity index (χ0) is 10.4. The van der Waals surface area contributed by atoms with E-state index in [1.165, 1.54) is 18.9 Å². The van der Waals surface area contributed by atoms with E-state index in [1.54, 1.807) is 11.0 Å². The largest absolute Gasteiger partial charge is 0.309 e. The summed E-state index contributed by atoms with van der Waals surface area (Å²) >= 11 is 0. The highest BCUT2D eigenvalue weighted by Crippen LogP contribution is 2.36. The minimum atomic E-state index is -0.265. The number of amides is 1. The van der Waals surface area contributed by atoms with Crippen LogP contribution in [0.2, 0.25) is 0 Å². The minimum absolute atomic E-state index is 0.0435. The molecule has 0 atom stereocenters. The third-order valence-electron chi connectivity index (χ3n) is 3.12. The molecule has 0 saturated heterocycles. The highest BCUT2D eigenvalue weighted by Gasteiger charge is 2.34. The molecule has 1 aromatic rings. The number of halogens is 1. The molecule has 1 aliphatic carbocycles. The molecule has 1 aromatic carbocycles. The van der Waals surface area contributed by atoms with E-state index in [0.717, 1.165) is 5.56 Å². The monoisotopic (exact) mass is 205 g/mol. The van der Waals surface area contributed by atoms with Crippen LogP contribution < -0.4 is 4.90 Å². The third kappa shape index (κ3) is 1.42. The number of hydrogen-bond donors (Lipinski definition) is 0. The summed E-state index contributed by atoms with van der Waals surface area (Å²) in [4.78, 5) is 13.3. The van der Waals surface area contributed by atoms with Crippen LogP contribution in [0.4, 0.5) is 10.1 Å². The van der Waals surface area contributed by atoms with Crippen LogP contribution in [0.15, 0.2) is 18.2 Å². The van der Waals surface area contributed by atoms with Crippen molar-refractivity contribution >= 4 is 11.6 Å². The van der Waals surface area contributed by atoms with Crippen molar-refractivity contribution in [1.82, 2.24) is 0 Å². The molecule has 1 fully saturated rings. The predicted molar refractivity (Wildman–Crippen MR) is 55.2 cm³/mol. The van der Waals surface area contributed by atoms with Gasteiger partial charge in [0.05, 0.1) is 12.1 Å². The molecule has 0 spiro atoms. The molecule has 0 aromatic heterocycles. The summed E-state index contributed by atoms with van der Waals surface area (Å²) in [6.07, 6.45) is 2.71. The first-order chi connectivity index (χ1) is 7.25. The standard InChI is InChI=1S/C12H12FNO/c13-10-3-1-2-9-6-11(15)14(12(9)10)7-8-4-5-8/h1-3,8H,4-7H2. The van der Waals surface area contributed by atoms with Crippen LogP contribution in [-0.2, 0) is 11.2 Å². The van der Waals surface area contributed by atoms with Crippen LogP contribution in [0.5, 0.6) is 0 Å². The maximum absolute atomic E-state index is 13.6. The van der Waals surface area contributed by atoms with Gasteiger partial charge in [0.15, 0.2) is 0 Å². The van der Waals surface area contributed by atoms with Gasteiger partial charge in [0, 0.05) is 6.54 Å². The maximum Gasteiger partial charge on any atom is 0.231 e. The molecule has 2 nitrogen and oxygen atoms in total. The Hall–Kier alpha value is -1.38. The fourth-order valence-corrected chi connectivity index (χ4v) is 2.14. The number of para-hydroxylation sites is 1. The second kappa shape index (κ2) is 3.05. The highest BCUT2D eigenvalue weighted by molar-refractivity contribution is 6.01. The first kappa shape index (κ1) is 8.89. The zero-order valence-corrected chi connectivity index (χ0v) is 8.37. The number of carbonyl (C=O) groups is 1. The van der Waals surface area contributed by atoms with Crippen LogP contribution in [0, 0.1) is 11.7 Å². The molecule has 1 aliphatic heterocycles. The van der Waals surface area contributed by atoms with Gasteiger partial charge in [0.2, 0.25) is 5.91 Å². The Labute approximate surface area is 87.7 Å². The van der Waals surface area contributed by atoms with Gasteiger partial charge < -0.3 is 4.90 Å². The van der Waals surface area contributed by atoms with Crippen molar-refractivity contribution in [1.29, 1.82) is 0 Å². The predicted octanol–water partition coefficient (Wildman–Crippen LogP) is 2.12. The lowest BCUT2D eigenvalue weighted by atomic mass is 10.1. The first-order valence-electron chi connectivity index (χ1n) is 5.33. The van der Waals surface area contributed by atoms with E-state index in [2.05, 4.69) is 0 Å². The number of carbonyl (C=O) groups excluding carboxylic acids is 1. The molecule has 0 bridgehead atoms. The summed E-state index contributed by atoms with van der Waals surface area (Å²) in [5.41, 5.74) is 1.36. The van der Waals surface area contributed by atoms with Gasteiger partial charge in [-0.15, -0.1) is 0 Å². The van der Waals surface area contributed by atoms with Crippen LogP contribution in [0.25, 0.3) is 0 Å². The van der Waals surface area contributed by atoms with E-state index in [0.29, 0.717) is 24.6 Å². The van der Waals surface area contributed by atoms with Crippen molar-refractivity contribution in [2.45, 2.75) is 19.3 Å². The Morgan fingerprint density at radius 1 is 1.40 bits per heavy atom. The Bertz CT molecular complexity index is 426. The van der Waals surface area contributed by atoms with Gasteiger partial charge in [-0.2, -0.15) is 0 Å². The van der Waals surface area contributed by atoms with E-state index in [1.807, 2.05) is 6.07 Å². The average Bonchev–Trinajstić information content (AvgIpc) is 2.93.